The molecule has 0 bridgehead atoms. The fourth-order valence-corrected chi connectivity index (χ4v) is 3.60. The van der Waals surface area contributed by atoms with Gasteiger partial charge in [0.1, 0.15) is 0 Å². The van der Waals surface area contributed by atoms with E-state index < -0.39 is 16.0 Å². The minimum atomic E-state index is -3.63. The number of aliphatic carboxylic acids is 1. The SMILES string of the molecule is O=C(O)CCC(=O)c1ccc(CCNS(=O)(=O)c2cccc(Cl)c2)cc1. The number of carboxylic acid groups (broad SMARTS) is 1. The van der Waals surface area contributed by atoms with Crippen LogP contribution in [0, 0.1) is 0 Å². The number of halogens is 1. The van der Waals surface area contributed by atoms with Crippen molar-refractivity contribution >= 4 is 33.4 Å². The van der Waals surface area contributed by atoms with Crippen LogP contribution in [0.5, 0.6) is 0 Å². The summed E-state index contributed by atoms with van der Waals surface area (Å²) in [4.78, 5) is 22.4. The van der Waals surface area contributed by atoms with Crippen LogP contribution in [-0.2, 0) is 21.2 Å². The Bertz CT molecular complexity index is 894. The van der Waals surface area contributed by atoms with E-state index in [2.05, 4.69) is 4.72 Å². The molecule has 0 saturated heterocycles. The molecular weight excluding hydrogens is 378 g/mol. The molecule has 0 unspecified atom stereocenters. The number of carboxylic acids is 1. The molecule has 26 heavy (non-hydrogen) atoms. The van der Waals surface area contributed by atoms with Gasteiger partial charge in [0.15, 0.2) is 5.78 Å². The summed E-state index contributed by atoms with van der Waals surface area (Å²) in [5, 5.41) is 8.94. The van der Waals surface area contributed by atoms with Crippen LogP contribution in [0.15, 0.2) is 53.4 Å². The number of Topliss-reactive ketones (excluding diaryl/α,β-unsaturated/α-hetero) is 1. The van der Waals surface area contributed by atoms with E-state index in [-0.39, 0.29) is 30.1 Å². The van der Waals surface area contributed by atoms with Gasteiger partial charge in [-0.05, 0) is 30.2 Å². The van der Waals surface area contributed by atoms with Crippen molar-refractivity contribution in [1.82, 2.24) is 4.72 Å². The minimum Gasteiger partial charge on any atom is -0.481 e. The van der Waals surface area contributed by atoms with Gasteiger partial charge in [0.05, 0.1) is 11.3 Å². The minimum absolute atomic E-state index is 0.0475. The molecule has 2 aromatic rings. The number of sulfonamides is 1. The Labute approximate surface area is 156 Å². The monoisotopic (exact) mass is 395 g/mol. The van der Waals surface area contributed by atoms with E-state index in [1.54, 1.807) is 36.4 Å². The van der Waals surface area contributed by atoms with E-state index >= 15 is 0 Å². The van der Waals surface area contributed by atoms with Crippen LogP contribution in [0.2, 0.25) is 5.02 Å². The average Bonchev–Trinajstić information content (AvgIpc) is 2.60. The molecular formula is C18H18ClNO5S. The van der Waals surface area contributed by atoms with Crippen molar-refractivity contribution in [3.05, 3.63) is 64.7 Å². The van der Waals surface area contributed by atoms with Crippen LogP contribution in [0.25, 0.3) is 0 Å². The molecule has 0 aliphatic heterocycles. The zero-order valence-corrected chi connectivity index (χ0v) is 15.4. The number of hydrogen-bond acceptors (Lipinski definition) is 4. The van der Waals surface area contributed by atoms with Crippen LogP contribution in [0.1, 0.15) is 28.8 Å². The molecule has 138 valence electrons. The van der Waals surface area contributed by atoms with Crippen LogP contribution in [0.3, 0.4) is 0 Å². The van der Waals surface area contributed by atoms with Crippen LogP contribution < -0.4 is 4.72 Å². The topological polar surface area (TPSA) is 101 Å². The van der Waals surface area contributed by atoms with Crippen molar-refractivity contribution in [2.75, 3.05) is 6.54 Å². The summed E-state index contributed by atoms with van der Waals surface area (Å²) in [5.74, 6) is -1.25. The predicted molar refractivity (Wildman–Crippen MR) is 98.0 cm³/mol. The second-order valence-corrected chi connectivity index (χ2v) is 7.82. The van der Waals surface area contributed by atoms with Gasteiger partial charge in [0.2, 0.25) is 10.0 Å². The fraction of sp³-hybridized carbons (Fsp3) is 0.222. The molecule has 0 amide bonds. The number of carbonyl (C=O) groups is 2. The Balaban J connectivity index is 1.90. The third kappa shape index (κ3) is 5.94. The lowest BCUT2D eigenvalue weighted by molar-refractivity contribution is -0.136. The van der Waals surface area contributed by atoms with Crippen molar-refractivity contribution < 1.29 is 23.1 Å². The largest absolute Gasteiger partial charge is 0.481 e. The second kappa shape index (κ2) is 8.93. The molecule has 0 aromatic heterocycles. The summed E-state index contributed by atoms with van der Waals surface area (Å²) in [6.45, 7) is 0.196. The molecule has 0 fully saturated rings. The Hall–Kier alpha value is -2.22. The molecule has 2 rings (SSSR count). The standard InChI is InChI=1S/C18H18ClNO5S/c19-15-2-1-3-16(12-15)26(24,25)20-11-10-13-4-6-14(7-5-13)17(21)8-9-18(22)23/h1-7,12,20H,8-11H2,(H,22,23). The van der Waals surface area contributed by atoms with Gasteiger partial charge in [-0.15, -0.1) is 0 Å². The second-order valence-electron chi connectivity index (χ2n) is 5.62. The molecule has 8 heteroatoms. The normalized spacial score (nSPS) is 11.3. The summed E-state index contributed by atoms with van der Waals surface area (Å²) in [6, 6.07) is 12.7. The van der Waals surface area contributed by atoms with Gasteiger partial charge in [-0.2, -0.15) is 0 Å². The smallest absolute Gasteiger partial charge is 0.303 e. The average molecular weight is 396 g/mol. The first-order chi connectivity index (χ1) is 12.3. The molecule has 2 N–H and O–H groups in total. The summed E-state index contributed by atoms with van der Waals surface area (Å²) in [5.41, 5.74) is 1.29. The van der Waals surface area contributed by atoms with E-state index in [1.165, 1.54) is 12.1 Å². The van der Waals surface area contributed by atoms with Crippen LogP contribution in [0.4, 0.5) is 0 Å². The number of hydrogen-bond donors (Lipinski definition) is 2. The van der Waals surface area contributed by atoms with Crippen LogP contribution >= 0.6 is 11.6 Å². The number of ketones is 1. The molecule has 0 heterocycles. The molecule has 6 nitrogen and oxygen atoms in total. The first-order valence-electron chi connectivity index (χ1n) is 7.87. The van der Waals surface area contributed by atoms with Gasteiger partial charge in [-0.3, -0.25) is 9.59 Å². The number of nitrogens with one attached hydrogen (secondary N) is 1. The van der Waals surface area contributed by atoms with Gasteiger partial charge < -0.3 is 5.11 Å². The maximum atomic E-state index is 12.2. The molecule has 0 aliphatic rings. The molecule has 0 atom stereocenters. The van der Waals surface area contributed by atoms with Crippen molar-refractivity contribution in [2.45, 2.75) is 24.2 Å². The van der Waals surface area contributed by atoms with Gasteiger partial charge >= 0.3 is 5.97 Å². The highest BCUT2D eigenvalue weighted by Crippen LogP contribution is 2.15. The van der Waals surface area contributed by atoms with Gasteiger partial charge in [0, 0.05) is 23.6 Å². The molecule has 0 spiro atoms. The predicted octanol–water partition coefficient (Wildman–Crippen LogP) is 2.91. The molecule has 0 radical (unpaired) electrons. The fourth-order valence-electron chi connectivity index (χ4n) is 2.27. The number of rotatable bonds is 9. The van der Waals surface area contributed by atoms with Gasteiger partial charge in [-0.1, -0.05) is 41.9 Å². The van der Waals surface area contributed by atoms with Crippen LogP contribution in [-0.4, -0.2) is 31.8 Å². The maximum absolute atomic E-state index is 12.2. The number of benzene rings is 2. The highest BCUT2D eigenvalue weighted by atomic mass is 35.5. The van der Waals surface area contributed by atoms with E-state index in [9.17, 15) is 18.0 Å². The van der Waals surface area contributed by atoms with E-state index in [4.69, 9.17) is 16.7 Å². The van der Waals surface area contributed by atoms with E-state index in [0.717, 1.165) is 5.56 Å². The van der Waals surface area contributed by atoms with Gasteiger partial charge in [-0.25, -0.2) is 13.1 Å². The van der Waals surface area contributed by atoms with Crippen molar-refractivity contribution in [1.29, 1.82) is 0 Å². The first-order valence-corrected chi connectivity index (χ1v) is 9.73. The number of carbonyl (C=O) groups excluding carboxylic acids is 1. The maximum Gasteiger partial charge on any atom is 0.303 e. The zero-order valence-electron chi connectivity index (χ0n) is 13.8. The zero-order chi connectivity index (χ0) is 19.2. The Morgan fingerprint density at radius 2 is 1.73 bits per heavy atom. The van der Waals surface area contributed by atoms with Crippen molar-refractivity contribution in [3.8, 4) is 0 Å². The van der Waals surface area contributed by atoms with Crippen molar-refractivity contribution in [2.24, 2.45) is 0 Å². The van der Waals surface area contributed by atoms with E-state index in [0.29, 0.717) is 17.0 Å². The summed E-state index contributed by atoms with van der Waals surface area (Å²) >= 11 is 5.81. The Morgan fingerprint density at radius 3 is 2.35 bits per heavy atom. The third-order valence-electron chi connectivity index (χ3n) is 3.65. The highest BCUT2D eigenvalue weighted by molar-refractivity contribution is 7.89. The lowest BCUT2D eigenvalue weighted by Crippen LogP contribution is -2.26. The highest BCUT2D eigenvalue weighted by Gasteiger charge is 2.13. The lowest BCUT2D eigenvalue weighted by atomic mass is 10.0. The Morgan fingerprint density at radius 1 is 1.04 bits per heavy atom. The quantitative estimate of drug-likeness (QED) is 0.636. The summed E-state index contributed by atoms with van der Waals surface area (Å²) in [7, 11) is -3.63. The lowest BCUT2D eigenvalue weighted by Gasteiger charge is -2.08. The van der Waals surface area contributed by atoms with Gasteiger partial charge in [0.25, 0.3) is 0 Å². The molecule has 0 saturated carbocycles. The third-order valence-corrected chi connectivity index (χ3v) is 5.35. The van der Waals surface area contributed by atoms with E-state index in [1.807, 2.05) is 0 Å². The first kappa shape index (κ1) is 20.1. The Kier molecular flexibility index (Phi) is 6.90. The summed E-state index contributed by atoms with van der Waals surface area (Å²) < 4.78 is 26.9. The van der Waals surface area contributed by atoms with Crippen molar-refractivity contribution in [3.63, 3.8) is 0 Å². The molecule has 0 aliphatic carbocycles. The summed E-state index contributed by atoms with van der Waals surface area (Å²) in [6.07, 6.45) is 0.198. The molecule has 2 aromatic carbocycles.